The number of hydrogen-bond donors (Lipinski definition) is 2. The third kappa shape index (κ3) is 2.15. The van der Waals surface area contributed by atoms with Crippen LogP contribution in [-0.4, -0.2) is 34.4 Å². The molecule has 3 rings (SSSR count). The lowest BCUT2D eigenvalue weighted by atomic mass is 9.65. The predicted octanol–water partition coefficient (Wildman–Crippen LogP) is 1.17. The van der Waals surface area contributed by atoms with Gasteiger partial charge in [0.1, 0.15) is 0 Å². The molecule has 0 aromatic rings. The minimum Gasteiger partial charge on any atom is -0.436 e. The Bertz CT molecular complexity index is 331. The van der Waals surface area contributed by atoms with Crippen LogP contribution in [0.4, 0.5) is 0 Å². The average molecular weight is 258 g/mol. The molecule has 0 spiro atoms. The smallest absolute Gasteiger partial charge is 0.308 e. The number of aliphatic hydroxyl groups excluding tert-OH is 1. The third-order valence-corrected chi connectivity index (χ3v) is 4.48. The number of rotatable bonds is 0. The standard InChI is InChI=1S/C12H18O5.CH4/c13-9-4-7-2-1-3-8-5-10(14)17-11(16-9)6-12(7,8)15;/h7-9,11,13,15H,1-6H2;1H4. The van der Waals surface area contributed by atoms with Gasteiger partial charge in [0.05, 0.1) is 12.0 Å². The molecule has 2 N–H and O–H groups in total. The van der Waals surface area contributed by atoms with Crippen molar-refractivity contribution in [2.75, 3.05) is 0 Å². The van der Waals surface area contributed by atoms with Crippen LogP contribution in [-0.2, 0) is 14.3 Å². The van der Waals surface area contributed by atoms with Crippen molar-refractivity contribution in [3.05, 3.63) is 0 Å². The molecule has 0 aromatic heterocycles. The van der Waals surface area contributed by atoms with E-state index in [-0.39, 0.29) is 31.7 Å². The number of carbonyl (C=O) groups excluding carboxylic acids is 1. The van der Waals surface area contributed by atoms with Gasteiger partial charge in [-0.25, -0.2) is 0 Å². The lowest BCUT2D eigenvalue weighted by Crippen LogP contribution is -2.48. The molecule has 5 heteroatoms. The fourth-order valence-corrected chi connectivity index (χ4v) is 3.63. The second-order valence-electron chi connectivity index (χ2n) is 5.47. The molecule has 2 aliphatic heterocycles. The van der Waals surface area contributed by atoms with E-state index in [0.717, 1.165) is 19.3 Å². The first-order chi connectivity index (χ1) is 8.08. The third-order valence-electron chi connectivity index (χ3n) is 4.48. The quantitative estimate of drug-likeness (QED) is 0.638. The number of aliphatic hydroxyl groups is 2. The molecule has 2 saturated heterocycles. The minimum absolute atomic E-state index is 0. The highest BCUT2D eigenvalue weighted by Gasteiger charge is 2.53. The van der Waals surface area contributed by atoms with E-state index in [0.29, 0.717) is 12.8 Å². The van der Waals surface area contributed by atoms with Crippen molar-refractivity contribution in [2.24, 2.45) is 11.8 Å². The molecular weight excluding hydrogens is 236 g/mol. The Morgan fingerprint density at radius 1 is 1.28 bits per heavy atom. The Morgan fingerprint density at radius 3 is 2.78 bits per heavy atom. The van der Waals surface area contributed by atoms with Crippen molar-refractivity contribution in [1.82, 2.24) is 0 Å². The highest BCUT2D eigenvalue weighted by atomic mass is 16.7. The van der Waals surface area contributed by atoms with Gasteiger partial charge >= 0.3 is 5.97 Å². The summed E-state index contributed by atoms with van der Waals surface area (Å²) < 4.78 is 10.4. The zero-order valence-electron chi connectivity index (χ0n) is 9.67. The summed E-state index contributed by atoms with van der Waals surface area (Å²) in [6.07, 6.45) is 1.98. The number of ether oxygens (including phenoxy) is 2. The fraction of sp³-hybridized carbons (Fsp3) is 0.923. The van der Waals surface area contributed by atoms with E-state index in [4.69, 9.17) is 9.47 Å². The zero-order valence-corrected chi connectivity index (χ0v) is 9.67. The molecule has 1 saturated carbocycles. The second-order valence-corrected chi connectivity index (χ2v) is 5.47. The normalized spacial score (nSPS) is 47.3. The van der Waals surface area contributed by atoms with E-state index in [1.807, 2.05) is 0 Å². The van der Waals surface area contributed by atoms with Crippen LogP contribution in [0.25, 0.3) is 0 Å². The van der Waals surface area contributed by atoms with Crippen LogP contribution in [0, 0.1) is 11.8 Å². The molecular formula is C13H22O5. The van der Waals surface area contributed by atoms with Gasteiger partial charge in [-0.2, -0.15) is 0 Å². The molecule has 2 heterocycles. The first-order valence-electron chi connectivity index (χ1n) is 6.33. The number of fused-ring (bicyclic) bond motifs is 1. The summed E-state index contributed by atoms with van der Waals surface area (Å²) in [4.78, 5) is 11.6. The molecule has 3 fully saturated rings. The van der Waals surface area contributed by atoms with Gasteiger partial charge in [0.25, 0.3) is 0 Å². The summed E-state index contributed by atoms with van der Waals surface area (Å²) in [5.74, 6) is -0.367. The molecule has 5 atom stereocenters. The summed E-state index contributed by atoms with van der Waals surface area (Å²) >= 11 is 0. The van der Waals surface area contributed by atoms with Crippen molar-refractivity contribution in [1.29, 1.82) is 0 Å². The molecule has 1 aliphatic carbocycles. The minimum atomic E-state index is -0.941. The first-order valence-corrected chi connectivity index (χ1v) is 6.33. The summed E-state index contributed by atoms with van der Waals surface area (Å²) in [6.45, 7) is 0. The molecule has 0 amide bonds. The van der Waals surface area contributed by atoms with Crippen LogP contribution in [0.1, 0.15) is 46.0 Å². The number of carbonyl (C=O) groups is 1. The maximum absolute atomic E-state index is 11.6. The molecule has 5 nitrogen and oxygen atoms in total. The average Bonchev–Trinajstić information content (AvgIpc) is 2.42. The van der Waals surface area contributed by atoms with Crippen LogP contribution in [0.2, 0.25) is 0 Å². The van der Waals surface area contributed by atoms with E-state index in [9.17, 15) is 15.0 Å². The summed E-state index contributed by atoms with van der Waals surface area (Å²) in [7, 11) is 0. The molecule has 3 aliphatic rings. The van der Waals surface area contributed by atoms with Crippen molar-refractivity contribution in [2.45, 2.75) is 64.1 Å². The first kappa shape index (κ1) is 13.8. The monoisotopic (exact) mass is 258 g/mol. The molecule has 0 aromatic carbocycles. The summed E-state index contributed by atoms with van der Waals surface area (Å²) in [5.41, 5.74) is -0.910. The van der Waals surface area contributed by atoms with Gasteiger partial charge in [0, 0.05) is 12.8 Å². The lowest BCUT2D eigenvalue weighted by Gasteiger charge is -2.43. The van der Waals surface area contributed by atoms with Gasteiger partial charge in [0.15, 0.2) is 6.29 Å². The highest BCUT2D eigenvalue weighted by Crippen LogP contribution is 2.48. The second kappa shape index (κ2) is 4.79. The zero-order chi connectivity index (χ0) is 12.0. The topological polar surface area (TPSA) is 76.0 Å². The maximum atomic E-state index is 11.6. The van der Waals surface area contributed by atoms with Crippen LogP contribution < -0.4 is 0 Å². The Labute approximate surface area is 107 Å². The van der Waals surface area contributed by atoms with E-state index >= 15 is 0 Å². The van der Waals surface area contributed by atoms with Crippen molar-refractivity contribution in [3.8, 4) is 0 Å². The van der Waals surface area contributed by atoms with E-state index in [1.54, 1.807) is 0 Å². The van der Waals surface area contributed by atoms with Gasteiger partial charge in [-0.15, -0.1) is 0 Å². The molecule has 0 radical (unpaired) electrons. The van der Waals surface area contributed by atoms with E-state index in [2.05, 4.69) is 0 Å². The SMILES string of the molecule is C.O=C1CC2CCCC3CC(O)OC(CC23O)O1. The number of esters is 1. The molecule has 5 unspecified atom stereocenters. The van der Waals surface area contributed by atoms with Gasteiger partial charge in [-0.05, 0) is 24.7 Å². The van der Waals surface area contributed by atoms with Crippen LogP contribution in [0.5, 0.6) is 0 Å². The van der Waals surface area contributed by atoms with E-state index < -0.39 is 18.2 Å². The van der Waals surface area contributed by atoms with Crippen LogP contribution in [0.15, 0.2) is 0 Å². The van der Waals surface area contributed by atoms with Crippen molar-refractivity contribution >= 4 is 5.97 Å². The highest BCUT2D eigenvalue weighted by molar-refractivity contribution is 5.70. The van der Waals surface area contributed by atoms with Gasteiger partial charge in [0.2, 0.25) is 6.29 Å². The van der Waals surface area contributed by atoms with Gasteiger partial charge < -0.3 is 19.7 Å². The molecule has 104 valence electrons. The summed E-state index contributed by atoms with van der Waals surface area (Å²) in [6, 6.07) is 0. The molecule has 2 bridgehead atoms. The lowest BCUT2D eigenvalue weighted by molar-refractivity contribution is -0.224. The van der Waals surface area contributed by atoms with Gasteiger partial charge in [-0.1, -0.05) is 13.8 Å². The Morgan fingerprint density at radius 2 is 2.00 bits per heavy atom. The van der Waals surface area contributed by atoms with Crippen LogP contribution in [0.3, 0.4) is 0 Å². The predicted molar refractivity (Wildman–Crippen MR) is 63.3 cm³/mol. The maximum Gasteiger partial charge on any atom is 0.308 e. The van der Waals surface area contributed by atoms with Crippen LogP contribution >= 0.6 is 0 Å². The molecule has 18 heavy (non-hydrogen) atoms. The Kier molecular flexibility index (Phi) is 3.67. The fourth-order valence-electron chi connectivity index (χ4n) is 3.63. The largest absolute Gasteiger partial charge is 0.436 e. The Hall–Kier alpha value is -0.650. The summed E-state index contributed by atoms with van der Waals surface area (Å²) in [5, 5.41) is 20.6. The van der Waals surface area contributed by atoms with Gasteiger partial charge in [-0.3, -0.25) is 4.79 Å². The number of hydrogen-bond acceptors (Lipinski definition) is 5. The van der Waals surface area contributed by atoms with E-state index in [1.165, 1.54) is 0 Å². The van der Waals surface area contributed by atoms with Crippen molar-refractivity contribution < 1.29 is 24.5 Å². The van der Waals surface area contributed by atoms with Crippen molar-refractivity contribution in [3.63, 3.8) is 0 Å². The Balaban J connectivity index is 0.00000120.